The van der Waals surface area contributed by atoms with Crippen molar-refractivity contribution >= 4 is 78.0 Å². The first kappa shape index (κ1) is 35.1. The fourth-order valence-electron chi connectivity index (χ4n) is 10.4. The van der Waals surface area contributed by atoms with E-state index in [9.17, 15) is 17.8 Å². The van der Waals surface area contributed by atoms with Gasteiger partial charge >= 0.3 is 0 Å². The van der Waals surface area contributed by atoms with Gasteiger partial charge < -0.3 is 9.80 Å². The van der Waals surface area contributed by atoms with Gasteiger partial charge in [-0.3, -0.25) is 0 Å². The second kappa shape index (κ2) is 15.7. The highest BCUT2D eigenvalue weighted by molar-refractivity contribution is 7.33. The summed E-state index contributed by atoms with van der Waals surface area (Å²) in [5, 5.41) is 0.490. The summed E-state index contributed by atoms with van der Waals surface area (Å²) in [6, 6.07) is 7.77. The molecular weight excluding hydrogens is 864 g/mol. The lowest BCUT2D eigenvalue weighted by Crippen LogP contribution is -2.60. The maximum absolute atomic E-state index is 10.7. The SMILES string of the molecule is [2H]c1c([2H])c(C(C)(C)C)c([2H])c([2H])c1-c1c([2H])c(C(C)(C)C)c([2H])c([2H])c1N1c2cc(C(C)(C)C)cc3c2B(c2sc4c([2H])c([2H])c(C(C)(C)C)c([2H])c4c2N3c2ccc3c(c2)C(C)(C)CCC3(C)C)c2c([2H])c(C(C)(C)C)c([2H])c([2H])c21. The van der Waals surface area contributed by atoms with E-state index in [1.54, 1.807) is 4.90 Å². The molecule has 0 radical (unpaired) electrons. The minimum atomic E-state index is -0.947. The fraction of sp³-hybridized carbons (Fsp3) is 0.424. The van der Waals surface area contributed by atoms with Gasteiger partial charge in [-0.05, 0) is 161 Å². The van der Waals surface area contributed by atoms with E-state index in [4.69, 9.17) is 0 Å². The molecule has 6 aromatic carbocycles. The minimum absolute atomic E-state index is 0.0270. The quantitative estimate of drug-likeness (QED) is 0.163. The van der Waals surface area contributed by atoms with Crippen LogP contribution >= 0.6 is 11.3 Å². The van der Waals surface area contributed by atoms with E-state index >= 15 is 0 Å². The molecule has 0 atom stereocenters. The average molecular weight is 956 g/mol. The summed E-state index contributed by atoms with van der Waals surface area (Å²) >= 11 is 1.30. The second-order valence-electron chi connectivity index (χ2n) is 26.8. The van der Waals surface area contributed by atoms with Crippen molar-refractivity contribution in [1.29, 1.82) is 0 Å². The van der Waals surface area contributed by atoms with Crippen LogP contribution in [0, 0.1) is 0 Å². The van der Waals surface area contributed by atoms with Crippen LogP contribution in [0.15, 0.2) is 109 Å². The number of benzene rings is 6. The third-order valence-corrected chi connectivity index (χ3v) is 16.2. The van der Waals surface area contributed by atoms with E-state index in [2.05, 4.69) is 77.6 Å². The molecule has 4 heteroatoms. The first-order valence-electron chi connectivity index (χ1n) is 31.7. The molecule has 2 nitrogen and oxygen atoms in total. The van der Waals surface area contributed by atoms with Crippen molar-refractivity contribution in [3.05, 3.63) is 148 Å². The fourth-order valence-corrected chi connectivity index (χ4v) is 11.6. The minimum Gasteiger partial charge on any atom is -0.311 e. The third kappa shape index (κ3) is 7.98. The lowest BCUT2D eigenvalue weighted by molar-refractivity contribution is 0.332. The first-order chi connectivity index (χ1) is 37.8. The molecule has 10 rings (SSSR count). The molecule has 0 bridgehead atoms. The van der Waals surface area contributed by atoms with E-state index in [-0.39, 0.29) is 105 Å². The molecule has 0 fully saturated rings. The Morgan fingerprint density at radius 2 is 1.00 bits per heavy atom. The van der Waals surface area contributed by atoms with Gasteiger partial charge in [0.15, 0.2) is 0 Å². The van der Waals surface area contributed by atoms with Crippen LogP contribution in [0.4, 0.5) is 34.1 Å². The monoisotopic (exact) mass is 956 g/mol. The van der Waals surface area contributed by atoms with Crippen LogP contribution in [-0.4, -0.2) is 6.71 Å². The van der Waals surface area contributed by atoms with Gasteiger partial charge in [0.1, 0.15) is 0 Å². The van der Waals surface area contributed by atoms with Crippen molar-refractivity contribution < 1.29 is 17.8 Å². The predicted octanol–water partition coefficient (Wildman–Crippen LogP) is 17.5. The molecule has 0 unspecified atom stereocenters. The molecule has 1 aromatic heterocycles. The average Bonchev–Trinajstić information content (AvgIpc) is 2.68. The highest BCUT2D eigenvalue weighted by Crippen LogP contribution is 2.54. The van der Waals surface area contributed by atoms with Crippen LogP contribution < -0.4 is 25.5 Å². The maximum atomic E-state index is 10.7. The summed E-state index contributed by atoms with van der Waals surface area (Å²) in [7, 11) is 0. The molecule has 362 valence electrons. The Morgan fingerprint density at radius 1 is 0.500 bits per heavy atom. The molecule has 0 amide bonds. The Labute approximate surface area is 445 Å². The van der Waals surface area contributed by atoms with Crippen LogP contribution in [-0.2, 0) is 37.9 Å². The third-order valence-electron chi connectivity index (χ3n) is 15.0. The largest absolute Gasteiger partial charge is 0.311 e. The highest BCUT2D eigenvalue weighted by Gasteiger charge is 2.47. The standard InChI is InChI=1S/C66H79BN2S/c1-60(2,3)41-22-20-40(21-23-41)47-34-42(61(4,5)6)24-29-52(47)69-53-30-25-44(63(10,11)12)36-51(53)67-57-54(37-45(38-55(57)69)64(13,14)15)68(46-27-28-49-50(39-46)66(18,19)33-32-65(49,16)17)58-48-35-43(62(7,8)9)26-31-56(48)70-59(58)67/h20-31,34-39H,32-33H2,1-19H3/i20D,21D,22D,23D,24D,25D,26D,29D,30D,31D,34D,35D,36D. The number of nitrogens with zero attached hydrogens (tertiary/aromatic N) is 2. The van der Waals surface area contributed by atoms with Crippen LogP contribution in [0.3, 0.4) is 0 Å². The van der Waals surface area contributed by atoms with Crippen molar-refractivity contribution in [2.24, 2.45) is 0 Å². The molecule has 7 aromatic rings. The Bertz CT molecular complexity index is 3980. The Hall–Kier alpha value is -5.06. The molecule has 0 N–H and O–H groups in total. The predicted molar refractivity (Wildman–Crippen MR) is 310 cm³/mol. The Balaban J connectivity index is 1.51. The number of thiophene rings is 1. The van der Waals surface area contributed by atoms with Gasteiger partial charge in [-0.15, -0.1) is 11.3 Å². The summed E-state index contributed by atoms with van der Waals surface area (Å²) in [5.74, 6) is 0. The number of hydrogen-bond acceptors (Lipinski definition) is 3. The highest BCUT2D eigenvalue weighted by atomic mass is 32.1. The lowest BCUT2D eigenvalue weighted by atomic mass is 9.36. The van der Waals surface area contributed by atoms with Crippen molar-refractivity contribution in [1.82, 2.24) is 0 Å². The van der Waals surface area contributed by atoms with Gasteiger partial charge in [0.2, 0.25) is 0 Å². The van der Waals surface area contributed by atoms with Crippen molar-refractivity contribution in [2.75, 3.05) is 9.80 Å². The zero-order valence-electron chi connectivity index (χ0n) is 58.2. The van der Waals surface area contributed by atoms with E-state index in [1.165, 1.54) is 22.5 Å². The summed E-state index contributed by atoms with van der Waals surface area (Å²) in [6.07, 6.45) is 1.93. The molecule has 70 heavy (non-hydrogen) atoms. The molecular formula is C66H79BN2S. The summed E-state index contributed by atoms with van der Waals surface area (Å²) in [5.41, 5.74) is 2.75. The Kier molecular flexibility index (Phi) is 7.89. The molecule has 1 aliphatic carbocycles. The Morgan fingerprint density at radius 3 is 1.59 bits per heavy atom. The van der Waals surface area contributed by atoms with Gasteiger partial charge in [0, 0.05) is 43.2 Å². The van der Waals surface area contributed by atoms with Gasteiger partial charge in [-0.25, -0.2) is 0 Å². The smallest absolute Gasteiger partial charge is 0.264 e. The van der Waals surface area contributed by atoms with E-state index in [0.717, 1.165) is 24.1 Å². The van der Waals surface area contributed by atoms with Crippen LogP contribution in [0.2, 0.25) is 0 Å². The summed E-state index contributed by atoms with van der Waals surface area (Å²) < 4.78 is 132. The van der Waals surface area contributed by atoms with Crippen LogP contribution in [0.5, 0.6) is 0 Å². The topological polar surface area (TPSA) is 6.48 Å². The van der Waals surface area contributed by atoms with Gasteiger partial charge in [0.05, 0.1) is 29.2 Å². The summed E-state index contributed by atoms with van der Waals surface area (Å²) in [6.45, 7) is 37.0. The molecule has 2 aliphatic heterocycles. The van der Waals surface area contributed by atoms with Crippen molar-refractivity contribution in [2.45, 2.75) is 182 Å². The van der Waals surface area contributed by atoms with Gasteiger partial charge in [-0.2, -0.15) is 0 Å². The van der Waals surface area contributed by atoms with Crippen molar-refractivity contribution in [3.63, 3.8) is 0 Å². The molecule has 0 saturated carbocycles. The molecule has 0 saturated heterocycles. The molecule has 3 aliphatic rings. The molecule has 0 spiro atoms. The van der Waals surface area contributed by atoms with Gasteiger partial charge in [-0.1, -0.05) is 186 Å². The maximum Gasteiger partial charge on any atom is 0.264 e. The van der Waals surface area contributed by atoms with Crippen LogP contribution in [0.25, 0.3) is 21.2 Å². The van der Waals surface area contributed by atoms with E-state index < -0.39 is 51.9 Å². The van der Waals surface area contributed by atoms with Gasteiger partial charge in [0.25, 0.3) is 6.71 Å². The van der Waals surface area contributed by atoms with E-state index in [0.29, 0.717) is 54.0 Å². The number of anilines is 6. The number of hydrogen-bond donors (Lipinski definition) is 0. The lowest BCUT2D eigenvalue weighted by Gasteiger charge is -2.46. The van der Waals surface area contributed by atoms with Crippen molar-refractivity contribution in [3.8, 4) is 11.1 Å². The zero-order chi connectivity index (χ0) is 61.9. The number of rotatable bonds is 3. The van der Waals surface area contributed by atoms with E-state index in [1.807, 2.05) is 89.2 Å². The normalized spacial score (nSPS) is 19.1. The number of fused-ring (bicyclic) bond motifs is 7. The first-order valence-corrected chi connectivity index (χ1v) is 26.0. The zero-order valence-corrected chi connectivity index (χ0v) is 46.0. The summed E-state index contributed by atoms with van der Waals surface area (Å²) in [4.78, 5) is 3.84. The molecule has 3 heterocycles. The second-order valence-corrected chi connectivity index (χ2v) is 27.8. The van der Waals surface area contributed by atoms with Crippen LogP contribution in [0.1, 0.15) is 201 Å².